The molecule has 4 saturated carbocycles. The average molecular weight is 747 g/mol. The Morgan fingerprint density at radius 2 is 1.68 bits per heavy atom. The minimum absolute atomic E-state index is 0.00230. The van der Waals surface area contributed by atoms with Crippen LogP contribution in [0.2, 0.25) is 0 Å². The van der Waals surface area contributed by atoms with Crippen LogP contribution in [-0.2, 0) is 30.2 Å². The Kier molecular flexibility index (Phi) is 9.91. The van der Waals surface area contributed by atoms with Crippen molar-refractivity contribution in [2.75, 3.05) is 37.9 Å². The number of benzene rings is 1. The number of nitrogens with zero attached hydrogens (tertiary/aromatic N) is 4. The Morgan fingerprint density at radius 3 is 2.26 bits per heavy atom. The zero-order chi connectivity index (χ0) is 37.8. The predicted molar refractivity (Wildman–Crippen MR) is 203 cm³/mol. The molecular weight excluding hydrogens is 693 g/mol. The number of rotatable bonds is 9. The van der Waals surface area contributed by atoms with Crippen LogP contribution in [0.15, 0.2) is 47.2 Å². The van der Waals surface area contributed by atoms with Crippen LogP contribution in [0.1, 0.15) is 102 Å². The molecule has 1 saturated heterocycles. The first kappa shape index (κ1) is 37.4. The third kappa shape index (κ3) is 7.57. The Labute approximate surface area is 313 Å². The van der Waals surface area contributed by atoms with E-state index >= 15 is 0 Å². The van der Waals surface area contributed by atoms with Gasteiger partial charge in [0.25, 0.3) is 0 Å². The number of likely N-dealkylation sites (tertiary alicyclic amines) is 1. The van der Waals surface area contributed by atoms with E-state index in [4.69, 9.17) is 23.9 Å². The van der Waals surface area contributed by atoms with Crippen molar-refractivity contribution in [2.24, 2.45) is 11.3 Å². The minimum atomic E-state index is -3.18. The van der Waals surface area contributed by atoms with Crippen molar-refractivity contribution in [3.63, 3.8) is 0 Å². The molecule has 11 nitrogen and oxygen atoms in total. The van der Waals surface area contributed by atoms with Crippen LogP contribution in [-0.4, -0.2) is 79.6 Å². The Bertz CT molecular complexity index is 1930. The first-order valence-corrected chi connectivity index (χ1v) is 21.1. The van der Waals surface area contributed by atoms with Gasteiger partial charge in [-0.3, -0.25) is 9.69 Å². The Balaban J connectivity index is 1.08. The summed E-state index contributed by atoms with van der Waals surface area (Å²) >= 11 is 0. The summed E-state index contributed by atoms with van der Waals surface area (Å²) in [5.41, 5.74) is 4.04. The largest absolute Gasteiger partial charge is 0.496 e. The van der Waals surface area contributed by atoms with Gasteiger partial charge in [0, 0.05) is 49.0 Å². The molecule has 2 amide bonds. The SMILES string of the molecule is COc1ccc(C23CCC(CN(c4cc(-c5coc(C(C)(C)C)n5)ccn4)C(=O)[C@H]4CC[C@H](OC(=O)N5CC(S(C)(=O)=O)C5)CC4)(CC2)CC3)cc1C. The number of amides is 2. The molecule has 5 fully saturated rings. The van der Waals surface area contributed by atoms with Gasteiger partial charge >= 0.3 is 6.09 Å². The molecule has 0 spiro atoms. The number of anilines is 1. The number of hydrogen-bond donors (Lipinski definition) is 0. The lowest BCUT2D eigenvalue weighted by Crippen LogP contribution is -2.57. The summed E-state index contributed by atoms with van der Waals surface area (Å²) < 4.78 is 40.8. The maximum Gasteiger partial charge on any atom is 0.410 e. The van der Waals surface area contributed by atoms with E-state index in [1.807, 2.05) is 17.0 Å². The maximum absolute atomic E-state index is 14.7. The van der Waals surface area contributed by atoms with Crippen molar-refractivity contribution in [1.29, 1.82) is 0 Å². The first-order chi connectivity index (χ1) is 25.1. The molecule has 2 bridgehead atoms. The summed E-state index contributed by atoms with van der Waals surface area (Å²) in [5.74, 6) is 2.04. The molecule has 0 radical (unpaired) electrons. The van der Waals surface area contributed by atoms with Crippen LogP contribution in [0.4, 0.5) is 10.6 Å². The van der Waals surface area contributed by atoms with E-state index in [2.05, 4.69) is 45.9 Å². The number of ether oxygens (including phenoxy) is 2. The molecule has 5 aliphatic rings. The number of oxazole rings is 1. The van der Waals surface area contributed by atoms with Gasteiger partial charge in [0.05, 0.1) is 12.4 Å². The van der Waals surface area contributed by atoms with Crippen LogP contribution in [0.5, 0.6) is 5.75 Å². The maximum atomic E-state index is 14.7. The topological polar surface area (TPSA) is 132 Å². The van der Waals surface area contributed by atoms with Crippen LogP contribution in [0.25, 0.3) is 11.3 Å². The number of fused-ring (bicyclic) bond motifs is 3. The lowest BCUT2D eigenvalue weighted by molar-refractivity contribution is -0.124. The molecule has 53 heavy (non-hydrogen) atoms. The van der Waals surface area contributed by atoms with Gasteiger partial charge in [-0.05, 0) is 111 Å². The predicted octanol–water partition coefficient (Wildman–Crippen LogP) is 7.40. The monoisotopic (exact) mass is 746 g/mol. The highest BCUT2D eigenvalue weighted by molar-refractivity contribution is 7.91. The Morgan fingerprint density at radius 1 is 1.00 bits per heavy atom. The molecule has 0 N–H and O–H groups in total. The molecular formula is C41H54N4O7S. The second-order valence-electron chi connectivity index (χ2n) is 17.3. The number of carbonyl (C=O) groups is 2. The van der Waals surface area contributed by atoms with Gasteiger partial charge in [0.1, 0.15) is 29.6 Å². The van der Waals surface area contributed by atoms with Gasteiger partial charge in [-0.15, -0.1) is 0 Å². The molecule has 12 heteroatoms. The van der Waals surface area contributed by atoms with Gasteiger partial charge < -0.3 is 18.8 Å². The summed E-state index contributed by atoms with van der Waals surface area (Å²) in [5, 5.41) is -0.526. The summed E-state index contributed by atoms with van der Waals surface area (Å²) in [7, 11) is -1.46. The van der Waals surface area contributed by atoms with E-state index in [1.54, 1.807) is 19.6 Å². The van der Waals surface area contributed by atoms with E-state index in [9.17, 15) is 18.0 Å². The van der Waals surface area contributed by atoms with Crippen molar-refractivity contribution in [1.82, 2.24) is 14.9 Å². The number of aromatic nitrogens is 2. The highest BCUT2D eigenvalue weighted by Crippen LogP contribution is 2.58. The molecule has 8 rings (SSSR count). The van der Waals surface area contributed by atoms with Gasteiger partial charge in [0.15, 0.2) is 15.7 Å². The molecule has 3 aromatic rings. The fourth-order valence-corrected chi connectivity index (χ4v) is 9.85. The Hall–Kier alpha value is -3.93. The van der Waals surface area contributed by atoms with E-state index < -0.39 is 21.2 Å². The van der Waals surface area contributed by atoms with Crippen molar-refractivity contribution in [2.45, 2.75) is 114 Å². The van der Waals surface area contributed by atoms with Gasteiger partial charge in [0.2, 0.25) is 5.91 Å². The number of aryl methyl sites for hydroxylation is 1. The number of methoxy groups -OCH3 is 1. The van der Waals surface area contributed by atoms with E-state index in [-0.39, 0.29) is 47.3 Å². The molecule has 286 valence electrons. The van der Waals surface area contributed by atoms with E-state index in [1.165, 1.54) is 16.7 Å². The number of hydrogen-bond acceptors (Lipinski definition) is 9. The fourth-order valence-electron chi connectivity index (χ4n) is 8.95. The van der Waals surface area contributed by atoms with Crippen LogP contribution in [0, 0.1) is 18.3 Å². The highest BCUT2D eigenvalue weighted by atomic mass is 32.2. The van der Waals surface area contributed by atoms with Crippen LogP contribution in [0.3, 0.4) is 0 Å². The van der Waals surface area contributed by atoms with E-state index in [0.29, 0.717) is 49.6 Å². The molecule has 0 unspecified atom stereocenters. The smallest absolute Gasteiger partial charge is 0.410 e. The summed E-state index contributed by atoms with van der Waals surface area (Å²) in [6.45, 7) is 9.25. The highest BCUT2D eigenvalue weighted by Gasteiger charge is 2.51. The third-order valence-corrected chi connectivity index (χ3v) is 14.1. The second kappa shape index (κ2) is 14.0. The van der Waals surface area contributed by atoms with Crippen molar-refractivity contribution in [3.8, 4) is 17.0 Å². The average Bonchev–Trinajstić information content (AvgIpc) is 3.62. The van der Waals surface area contributed by atoms with Gasteiger partial charge in [-0.2, -0.15) is 0 Å². The van der Waals surface area contributed by atoms with Crippen molar-refractivity contribution in [3.05, 3.63) is 59.8 Å². The molecule has 0 atom stereocenters. The molecule has 1 aliphatic heterocycles. The fraction of sp³-hybridized carbons (Fsp3) is 0.610. The normalized spacial score (nSPS) is 26.2. The third-order valence-electron chi connectivity index (χ3n) is 12.6. The van der Waals surface area contributed by atoms with E-state index in [0.717, 1.165) is 55.4 Å². The van der Waals surface area contributed by atoms with Crippen LogP contribution >= 0.6 is 0 Å². The zero-order valence-electron chi connectivity index (χ0n) is 32.0. The summed E-state index contributed by atoms with van der Waals surface area (Å²) in [6.07, 6.45) is 12.6. The summed E-state index contributed by atoms with van der Waals surface area (Å²) in [6, 6.07) is 10.5. The molecule has 1 aromatic carbocycles. The molecule has 3 heterocycles. The quantitative estimate of drug-likeness (QED) is 0.220. The zero-order valence-corrected chi connectivity index (χ0v) is 32.8. The van der Waals surface area contributed by atoms with Crippen LogP contribution < -0.4 is 9.64 Å². The van der Waals surface area contributed by atoms with Gasteiger partial charge in [-0.25, -0.2) is 23.2 Å². The lowest BCUT2D eigenvalue weighted by Gasteiger charge is -2.55. The molecule has 2 aromatic heterocycles. The second-order valence-corrected chi connectivity index (χ2v) is 19.6. The van der Waals surface area contributed by atoms with Crippen molar-refractivity contribution >= 4 is 27.7 Å². The number of carbonyl (C=O) groups excluding carboxylic acids is 2. The minimum Gasteiger partial charge on any atom is -0.496 e. The number of sulfone groups is 1. The molecule has 4 aliphatic carbocycles. The van der Waals surface area contributed by atoms with Gasteiger partial charge in [-0.1, -0.05) is 32.9 Å². The first-order valence-electron chi connectivity index (χ1n) is 19.1. The lowest BCUT2D eigenvalue weighted by atomic mass is 9.51. The summed E-state index contributed by atoms with van der Waals surface area (Å²) in [4.78, 5) is 40.4. The standard InChI is InChI=1S/C41H54N4O7S/c1-27-21-30(9-12-34(27)50-5)41-17-14-40(15-18-41,16-19-41)26-45(35-22-29(13-20-42-35)33-25-51-37(43-33)39(2,3)4)36(46)28-7-10-31(11-8-28)52-38(47)44-23-32(24-44)53(6,48)49/h9,12-13,20-22,25,28,31-32H,7-8,10-11,14-19,23-24,26H2,1-6H3/t28-,31-,40?,41?. The number of pyridine rings is 1. The van der Waals surface area contributed by atoms with Crippen molar-refractivity contribution < 1.29 is 31.9 Å².